The highest BCUT2D eigenvalue weighted by molar-refractivity contribution is 6.31. The summed E-state index contributed by atoms with van der Waals surface area (Å²) in [5.41, 5.74) is 0.514. The van der Waals surface area contributed by atoms with E-state index >= 15 is 0 Å². The number of hydrogen-bond donors (Lipinski definition) is 2. The van der Waals surface area contributed by atoms with Gasteiger partial charge in [0, 0.05) is 11.1 Å². The van der Waals surface area contributed by atoms with Crippen molar-refractivity contribution in [3.8, 4) is 0 Å². The van der Waals surface area contributed by atoms with Gasteiger partial charge < -0.3 is 15.4 Å². The van der Waals surface area contributed by atoms with Crippen molar-refractivity contribution >= 4 is 35.2 Å². The molecule has 0 bridgehead atoms. The first kappa shape index (κ1) is 19.8. The molecule has 0 saturated heterocycles. The van der Waals surface area contributed by atoms with E-state index in [0.29, 0.717) is 10.6 Å². The molecule has 3 amide bonds. The van der Waals surface area contributed by atoms with Crippen molar-refractivity contribution in [1.82, 2.24) is 10.2 Å². The van der Waals surface area contributed by atoms with Crippen molar-refractivity contribution < 1.29 is 27.9 Å². The van der Waals surface area contributed by atoms with Crippen LogP contribution in [0.15, 0.2) is 53.7 Å². The number of carbonyl (C=O) groups is 3. The standard InChI is InChI=1S/C20H14ClF2N3O4/c21-12-4-2-1-3-11(12)18-17-15(9-30-19(17)28)26(20(29)25-18)8-16(27)24-14-7-10(22)5-6-13(14)23/h1-7,18H,8-9H2,(H,24,27)(H,25,29)/t18-/m1/s1. The van der Waals surface area contributed by atoms with Crippen LogP contribution in [0, 0.1) is 11.6 Å². The molecule has 2 heterocycles. The Hall–Kier alpha value is -3.46. The van der Waals surface area contributed by atoms with Crippen LogP contribution in [0.25, 0.3) is 0 Å². The highest BCUT2D eigenvalue weighted by atomic mass is 35.5. The van der Waals surface area contributed by atoms with E-state index in [-0.39, 0.29) is 23.6 Å². The second kappa shape index (κ2) is 7.75. The Balaban J connectivity index is 1.62. The Morgan fingerprint density at radius 2 is 2.00 bits per heavy atom. The molecule has 0 saturated carbocycles. The normalized spacial score (nSPS) is 18.1. The summed E-state index contributed by atoms with van der Waals surface area (Å²) in [5, 5.41) is 5.21. The van der Waals surface area contributed by atoms with Gasteiger partial charge in [0.15, 0.2) is 0 Å². The minimum atomic E-state index is -0.837. The Kier molecular flexibility index (Phi) is 5.13. The molecule has 10 heteroatoms. The number of amides is 3. The largest absolute Gasteiger partial charge is 0.456 e. The predicted molar refractivity (Wildman–Crippen MR) is 102 cm³/mol. The van der Waals surface area contributed by atoms with Crippen LogP contribution < -0.4 is 10.6 Å². The molecule has 0 radical (unpaired) electrons. The van der Waals surface area contributed by atoms with E-state index in [9.17, 15) is 23.2 Å². The van der Waals surface area contributed by atoms with Gasteiger partial charge >= 0.3 is 12.0 Å². The molecule has 30 heavy (non-hydrogen) atoms. The van der Waals surface area contributed by atoms with Crippen LogP contribution in [0.2, 0.25) is 5.02 Å². The minimum Gasteiger partial charge on any atom is -0.456 e. The van der Waals surface area contributed by atoms with Gasteiger partial charge in [0.2, 0.25) is 5.91 Å². The zero-order valence-corrected chi connectivity index (χ0v) is 16.0. The number of ether oxygens (including phenoxy) is 1. The zero-order chi connectivity index (χ0) is 21.4. The number of rotatable bonds is 4. The first-order valence-corrected chi connectivity index (χ1v) is 9.20. The summed E-state index contributed by atoms with van der Waals surface area (Å²) in [6, 6.07) is 7.82. The van der Waals surface area contributed by atoms with Gasteiger partial charge in [0.25, 0.3) is 0 Å². The summed E-state index contributed by atoms with van der Waals surface area (Å²) in [5.74, 6) is -2.98. The first-order chi connectivity index (χ1) is 14.3. The fourth-order valence-corrected chi connectivity index (χ4v) is 3.59. The molecule has 2 aromatic rings. The average Bonchev–Trinajstić information content (AvgIpc) is 3.09. The number of nitrogens with zero attached hydrogens (tertiary/aromatic N) is 1. The first-order valence-electron chi connectivity index (χ1n) is 8.82. The molecule has 1 atom stereocenters. The molecule has 0 unspecified atom stereocenters. The molecule has 4 rings (SSSR count). The molecule has 154 valence electrons. The Morgan fingerprint density at radius 1 is 1.23 bits per heavy atom. The fraction of sp³-hybridized carbons (Fsp3) is 0.150. The second-order valence-electron chi connectivity index (χ2n) is 6.60. The van der Waals surface area contributed by atoms with E-state index in [2.05, 4.69) is 10.6 Å². The van der Waals surface area contributed by atoms with Crippen LogP contribution in [0.4, 0.5) is 19.3 Å². The number of halogens is 3. The molecule has 0 aromatic heterocycles. The average molecular weight is 434 g/mol. The maximum atomic E-state index is 13.8. The predicted octanol–water partition coefficient (Wildman–Crippen LogP) is 3.13. The van der Waals surface area contributed by atoms with Crippen molar-refractivity contribution in [1.29, 1.82) is 0 Å². The summed E-state index contributed by atoms with van der Waals surface area (Å²) in [6.07, 6.45) is 0. The van der Waals surface area contributed by atoms with Crippen LogP contribution in [-0.2, 0) is 14.3 Å². The monoisotopic (exact) mass is 433 g/mol. The maximum absolute atomic E-state index is 13.8. The van der Waals surface area contributed by atoms with Gasteiger partial charge in [-0.2, -0.15) is 0 Å². The van der Waals surface area contributed by atoms with Gasteiger partial charge in [-0.25, -0.2) is 18.4 Å². The SMILES string of the molecule is O=C(CN1C(=O)N[C@H](c2ccccc2Cl)C2=C1COC2=O)Nc1cc(F)ccc1F. The second-order valence-corrected chi connectivity index (χ2v) is 7.01. The summed E-state index contributed by atoms with van der Waals surface area (Å²) < 4.78 is 32.2. The third-order valence-corrected chi connectivity index (χ3v) is 5.06. The number of hydrogen-bond acceptors (Lipinski definition) is 4. The van der Waals surface area contributed by atoms with Crippen molar-refractivity contribution in [3.63, 3.8) is 0 Å². The molecule has 7 nitrogen and oxygen atoms in total. The van der Waals surface area contributed by atoms with Crippen LogP contribution in [0.3, 0.4) is 0 Å². The lowest BCUT2D eigenvalue weighted by Crippen LogP contribution is -2.49. The molecular weight excluding hydrogens is 420 g/mol. The van der Waals surface area contributed by atoms with Crippen molar-refractivity contribution in [2.45, 2.75) is 6.04 Å². The molecule has 2 aromatic carbocycles. The lowest BCUT2D eigenvalue weighted by Gasteiger charge is -2.32. The number of cyclic esters (lactones) is 1. The Morgan fingerprint density at radius 3 is 2.77 bits per heavy atom. The van der Waals surface area contributed by atoms with Gasteiger partial charge in [-0.15, -0.1) is 0 Å². The third-order valence-electron chi connectivity index (χ3n) is 4.72. The fourth-order valence-electron chi connectivity index (χ4n) is 3.35. The molecule has 0 aliphatic carbocycles. The molecule has 2 aliphatic rings. The third kappa shape index (κ3) is 3.59. The molecule has 0 fully saturated rings. The van der Waals surface area contributed by atoms with Gasteiger partial charge in [-0.1, -0.05) is 29.8 Å². The van der Waals surface area contributed by atoms with Crippen molar-refractivity contribution in [2.75, 3.05) is 18.5 Å². The molecular formula is C20H14ClF2N3O4. The Bertz CT molecular complexity index is 1110. The highest BCUT2D eigenvalue weighted by Crippen LogP contribution is 2.37. The van der Waals surface area contributed by atoms with Gasteiger partial charge in [0.1, 0.15) is 24.8 Å². The Labute approximate surface area is 174 Å². The zero-order valence-electron chi connectivity index (χ0n) is 15.2. The van der Waals surface area contributed by atoms with Gasteiger partial charge in [-0.05, 0) is 23.8 Å². The van der Waals surface area contributed by atoms with E-state index < -0.39 is 42.1 Å². The highest BCUT2D eigenvalue weighted by Gasteiger charge is 2.43. The van der Waals surface area contributed by atoms with E-state index in [1.54, 1.807) is 24.3 Å². The lowest BCUT2D eigenvalue weighted by atomic mass is 9.95. The van der Waals surface area contributed by atoms with E-state index in [1.165, 1.54) is 0 Å². The number of esters is 1. The number of anilines is 1. The molecule has 2 N–H and O–H groups in total. The van der Waals surface area contributed by atoms with Crippen molar-refractivity contribution in [3.05, 3.63) is 76.0 Å². The number of urea groups is 1. The summed E-state index contributed by atoms with van der Waals surface area (Å²) in [6.45, 7) is -0.739. The lowest BCUT2D eigenvalue weighted by molar-refractivity contribution is -0.136. The van der Waals surface area contributed by atoms with Gasteiger partial charge in [-0.3, -0.25) is 9.69 Å². The molecule has 2 aliphatic heterocycles. The van der Waals surface area contributed by atoms with E-state index in [1.807, 2.05) is 0 Å². The van der Waals surface area contributed by atoms with Crippen LogP contribution in [0.1, 0.15) is 11.6 Å². The number of nitrogens with one attached hydrogen (secondary N) is 2. The van der Waals surface area contributed by atoms with Crippen LogP contribution in [-0.4, -0.2) is 36.0 Å². The van der Waals surface area contributed by atoms with E-state index in [4.69, 9.17) is 16.3 Å². The quantitative estimate of drug-likeness (QED) is 0.725. The molecule has 0 spiro atoms. The number of carbonyl (C=O) groups excluding carboxylic acids is 3. The number of benzene rings is 2. The van der Waals surface area contributed by atoms with Crippen LogP contribution in [0.5, 0.6) is 0 Å². The van der Waals surface area contributed by atoms with Gasteiger partial charge in [0.05, 0.1) is 23.0 Å². The smallest absolute Gasteiger partial charge is 0.338 e. The minimum absolute atomic E-state index is 0.160. The van der Waals surface area contributed by atoms with Crippen molar-refractivity contribution in [2.24, 2.45) is 0 Å². The summed E-state index contributed by atoms with van der Waals surface area (Å²) in [7, 11) is 0. The summed E-state index contributed by atoms with van der Waals surface area (Å²) >= 11 is 6.21. The topological polar surface area (TPSA) is 87.7 Å². The maximum Gasteiger partial charge on any atom is 0.338 e. The van der Waals surface area contributed by atoms with Crippen LogP contribution >= 0.6 is 11.6 Å². The van der Waals surface area contributed by atoms with E-state index in [0.717, 1.165) is 23.1 Å². The summed E-state index contributed by atoms with van der Waals surface area (Å²) in [4.78, 5) is 38.4.